The molecule has 5 heteroatoms. The second-order valence-corrected chi connectivity index (χ2v) is 5.82. The lowest BCUT2D eigenvalue weighted by molar-refractivity contribution is -0.126. The van der Waals surface area contributed by atoms with Crippen molar-refractivity contribution in [1.82, 2.24) is 5.32 Å². The largest absolute Gasteiger partial charge is 0.350 e. The summed E-state index contributed by atoms with van der Waals surface area (Å²) >= 11 is 1.74. The van der Waals surface area contributed by atoms with Crippen LogP contribution in [0.2, 0.25) is 0 Å². The molecule has 1 aromatic rings. The molecular formula is C13H23ClN2OS. The van der Waals surface area contributed by atoms with Crippen LogP contribution in [-0.4, -0.2) is 11.4 Å². The molecule has 0 bridgehead atoms. The average Bonchev–Trinajstić information content (AvgIpc) is 2.73. The Balaban J connectivity index is 0.00000289. The van der Waals surface area contributed by atoms with E-state index in [1.54, 1.807) is 18.3 Å². The van der Waals surface area contributed by atoms with Gasteiger partial charge in [-0.1, -0.05) is 20.3 Å². The molecular weight excluding hydrogens is 268 g/mol. The first kappa shape index (κ1) is 17.4. The Kier molecular flexibility index (Phi) is 7.52. The first-order valence-corrected chi connectivity index (χ1v) is 6.96. The molecule has 0 saturated carbocycles. The fraction of sp³-hybridized carbons (Fsp3) is 0.615. The van der Waals surface area contributed by atoms with E-state index in [0.29, 0.717) is 13.0 Å². The van der Waals surface area contributed by atoms with Crippen molar-refractivity contribution in [1.29, 1.82) is 0 Å². The maximum Gasteiger partial charge on any atom is 0.240 e. The molecule has 0 aliphatic heterocycles. The lowest BCUT2D eigenvalue weighted by Crippen LogP contribution is -2.51. The van der Waals surface area contributed by atoms with E-state index in [0.717, 1.165) is 12.8 Å². The summed E-state index contributed by atoms with van der Waals surface area (Å²) in [4.78, 5) is 14.4. The quantitative estimate of drug-likeness (QED) is 0.846. The van der Waals surface area contributed by atoms with Crippen molar-refractivity contribution >= 4 is 29.7 Å². The highest BCUT2D eigenvalue weighted by atomic mass is 35.5. The van der Waals surface area contributed by atoms with Crippen molar-refractivity contribution in [2.45, 2.75) is 52.1 Å². The molecule has 1 rings (SSSR count). The van der Waals surface area contributed by atoms with Gasteiger partial charge < -0.3 is 11.1 Å². The third kappa shape index (κ3) is 4.96. The monoisotopic (exact) mass is 290 g/mol. The summed E-state index contributed by atoms with van der Waals surface area (Å²) in [6.45, 7) is 6.54. The molecule has 0 saturated heterocycles. The second-order valence-electron chi connectivity index (χ2n) is 4.57. The average molecular weight is 291 g/mol. The number of halogens is 1. The van der Waals surface area contributed by atoms with Gasteiger partial charge in [0.15, 0.2) is 0 Å². The molecule has 1 heterocycles. The summed E-state index contributed by atoms with van der Waals surface area (Å²) in [5.41, 5.74) is 5.21. The van der Waals surface area contributed by atoms with E-state index in [4.69, 9.17) is 5.73 Å². The van der Waals surface area contributed by atoms with Crippen LogP contribution in [0.4, 0.5) is 0 Å². The minimum Gasteiger partial charge on any atom is -0.350 e. The van der Waals surface area contributed by atoms with Crippen molar-refractivity contribution in [2.75, 3.05) is 0 Å². The Morgan fingerprint density at radius 2 is 2.00 bits per heavy atom. The molecule has 0 aliphatic carbocycles. The molecule has 1 unspecified atom stereocenters. The maximum atomic E-state index is 11.9. The van der Waals surface area contributed by atoms with Gasteiger partial charge in [0.05, 0.1) is 12.1 Å². The normalized spacial score (nSPS) is 13.6. The predicted molar refractivity (Wildman–Crippen MR) is 80.3 cm³/mol. The number of nitrogens with two attached hydrogens (primary N) is 1. The van der Waals surface area contributed by atoms with Crippen LogP contribution in [0.3, 0.4) is 0 Å². The molecule has 1 atom stereocenters. The molecule has 0 spiro atoms. The van der Waals surface area contributed by atoms with Gasteiger partial charge in [-0.05, 0) is 31.9 Å². The number of amides is 1. The van der Waals surface area contributed by atoms with Crippen LogP contribution in [0.25, 0.3) is 0 Å². The maximum absolute atomic E-state index is 11.9. The van der Waals surface area contributed by atoms with E-state index in [-0.39, 0.29) is 18.3 Å². The zero-order chi connectivity index (χ0) is 12.9. The Labute approximate surface area is 120 Å². The highest BCUT2D eigenvalue weighted by Crippen LogP contribution is 2.17. The van der Waals surface area contributed by atoms with Crippen LogP contribution in [0, 0.1) is 0 Å². The first-order chi connectivity index (χ1) is 7.99. The molecule has 104 valence electrons. The van der Waals surface area contributed by atoms with Gasteiger partial charge in [-0.15, -0.1) is 23.7 Å². The molecule has 0 radical (unpaired) electrons. The van der Waals surface area contributed by atoms with Gasteiger partial charge >= 0.3 is 0 Å². The molecule has 0 aliphatic rings. The van der Waals surface area contributed by atoms with Crippen LogP contribution >= 0.6 is 23.7 Å². The molecule has 3 N–H and O–H groups in total. The van der Waals surface area contributed by atoms with Gasteiger partial charge in [0.25, 0.3) is 0 Å². The van der Waals surface area contributed by atoms with Crippen LogP contribution in [-0.2, 0) is 17.8 Å². The zero-order valence-corrected chi connectivity index (χ0v) is 12.9. The lowest BCUT2D eigenvalue weighted by Gasteiger charge is -2.22. The number of carbonyl (C=O) groups excluding carboxylic acids is 1. The number of hydrogen-bond acceptors (Lipinski definition) is 3. The van der Waals surface area contributed by atoms with Gasteiger partial charge in [0, 0.05) is 9.75 Å². The zero-order valence-electron chi connectivity index (χ0n) is 11.3. The number of aryl methyl sites for hydroxylation is 1. The summed E-state index contributed by atoms with van der Waals surface area (Å²) in [6.07, 6.45) is 2.67. The Hall–Kier alpha value is -0.580. The van der Waals surface area contributed by atoms with Crippen LogP contribution in [0.1, 0.15) is 43.4 Å². The molecule has 18 heavy (non-hydrogen) atoms. The molecule has 1 aromatic heterocycles. The van der Waals surface area contributed by atoms with Gasteiger partial charge in [0.1, 0.15) is 0 Å². The molecule has 1 amide bonds. The van der Waals surface area contributed by atoms with Crippen molar-refractivity contribution in [2.24, 2.45) is 5.73 Å². The Bertz CT molecular complexity index is 377. The standard InChI is InChI=1S/C13H22N2OS.ClH/c1-4-8-13(3,14)12(16)15-9-11-7-6-10(5-2)17-11;/h6-7H,4-5,8-9,14H2,1-3H3,(H,15,16);1H. The van der Waals surface area contributed by atoms with Gasteiger partial charge in [0.2, 0.25) is 5.91 Å². The summed E-state index contributed by atoms with van der Waals surface area (Å²) in [5.74, 6) is -0.0641. The van der Waals surface area contributed by atoms with Crippen molar-refractivity contribution < 1.29 is 4.79 Å². The minimum atomic E-state index is -0.750. The van der Waals surface area contributed by atoms with E-state index >= 15 is 0 Å². The van der Waals surface area contributed by atoms with Crippen LogP contribution in [0.15, 0.2) is 12.1 Å². The van der Waals surface area contributed by atoms with E-state index in [1.165, 1.54) is 9.75 Å². The molecule has 0 fully saturated rings. The number of nitrogens with one attached hydrogen (secondary N) is 1. The molecule has 3 nitrogen and oxygen atoms in total. The number of hydrogen-bond donors (Lipinski definition) is 2. The summed E-state index contributed by atoms with van der Waals surface area (Å²) in [7, 11) is 0. The summed E-state index contributed by atoms with van der Waals surface area (Å²) in [6, 6.07) is 4.18. The first-order valence-electron chi connectivity index (χ1n) is 6.14. The van der Waals surface area contributed by atoms with Gasteiger partial charge in [-0.3, -0.25) is 4.79 Å². The van der Waals surface area contributed by atoms with Gasteiger partial charge in [-0.2, -0.15) is 0 Å². The fourth-order valence-electron chi connectivity index (χ4n) is 1.71. The van der Waals surface area contributed by atoms with E-state index < -0.39 is 5.54 Å². The highest BCUT2D eigenvalue weighted by molar-refractivity contribution is 7.11. The third-order valence-electron chi connectivity index (χ3n) is 2.78. The van der Waals surface area contributed by atoms with E-state index in [2.05, 4.69) is 24.4 Å². The number of thiophene rings is 1. The minimum absolute atomic E-state index is 0. The second kappa shape index (κ2) is 7.77. The highest BCUT2D eigenvalue weighted by Gasteiger charge is 2.26. The SMILES string of the molecule is CCCC(C)(N)C(=O)NCc1ccc(CC)s1.Cl. The smallest absolute Gasteiger partial charge is 0.240 e. The van der Waals surface area contributed by atoms with E-state index in [9.17, 15) is 4.79 Å². The van der Waals surface area contributed by atoms with Crippen molar-refractivity contribution in [3.05, 3.63) is 21.9 Å². The van der Waals surface area contributed by atoms with E-state index in [1.807, 2.05) is 6.92 Å². The molecule has 0 aromatic carbocycles. The fourth-order valence-corrected chi connectivity index (χ4v) is 2.61. The van der Waals surface area contributed by atoms with Crippen molar-refractivity contribution in [3.8, 4) is 0 Å². The predicted octanol–water partition coefficient (Wildman–Crippen LogP) is 2.87. The van der Waals surface area contributed by atoms with Crippen molar-refractivity contribution in [3.63, 3.8) is 0 Å². The van der Waals surface area contributed by atoms with Crippen LogP contribution < -0.4 is 11.1 Å². The summed E-state index contributed by atoms with van der Waals surface area (Å²) in [5, 5.41) is 2.91. The lowest BCUT2D eigenvalue weighted by atomic mass is 9.96. The third-order valence-corrected chi connectivity index (χ3v) is 4.01. The van der Waals surface area contributed by atoms with Crippen LogP contribution in [0.5, 0.6) is 0 Å². The number of carbonyl (C=O) groups is 1. The Morgan fingerprint density at radius 1 is 1.39 bits per heavy atom. The topological polar surface area (TPSA) is 55.1 Å². The number of rotatable bonds is 6. The Morgan fingerprint density at radius 3 is 2.50 bits per heavy atom. The summed E-state index contributed by atoms with van der Waals surface area (Å²) < 4.78 is 0. The van der Waals surface area contributed by atoms with Gasteiger partial charge in [-0.25, -0.2) is 0 Å².